The summed E-state index contributed by atoms with van der Waals surface area (Å²) in [6.45, 7) is 10.6. The molecule has 3 heteroatoms. The third-order valence-electron chi connectivity index (χ3n) is 5.41. The van der Waals surface area contributed by atoms with Crippen molar-refractivity contribution in [2.24, 2.45) is 17.1 Å². The Balaban J connectivity index is 1.82. The van der Waals surface area contributed by atoms with Crippen molar-refractivity contribution >= 4 is 0 Å². The lowest BCUT2D eigenvalue weighted by molar-refractivity contribution is -0.148. The third kappa shape index (κ3) is 2.45. The number of nitrogens with two attached hydrogens (primary N) is 1. The van der Waals surface area contributed by atoms with E-state index in [0.717, 1.165) is 25.5 Å². The molecule has 0 aliphatic heterocycles. The summed E-state index contributed by atoms with van der Waals surface area (Å²) in [5.41, 5.74) is 6.56. The van der Waals surface area contributed by atoms with Crippen LogP contribution < -0.4 is 11.1 Å². The summed E-state index contributed by atoms with van der Waals surface area (Å²) in [7, 11) is 0. The molecule has 2 aliphatic rings. The van der Waals surface area contributed by atoms with Crippen molar-refractivity contribution in [2.45, 2.75) is 71.1 Å². The van der Waals surface area contributed by atoms with Crippen molar-refractivity contribution in [2.75, 3.05) is 13.2 Å². The molecule has 4 atom stereocenters. The highest BCUT2D eigenvalue weighted by Crippen LogP contribution is 2.49. The van der Waals surface area contributed by atoms with Gasteiger partial charge in [-0.15, -0.1) is 0 Å². The van der Waals surface area contributed by atoms with E-state index in [1.54, 1.807) is 0 Å². The number of hydrogen-bond donors (Lipinski definition) is 2. The summed E-state index contributed by atoms with van der Waals surface area (Å²) in [5, 5.41) is 3.69. The Labute approximate surface area is 112 Å². The highest BCUT2D eigenvalue weighted by Gasteiger charge is 2.58. The number of hydrogen-bond acceptors (Lipinski definition) is 3. The molecule has 106 valence electrons. The molecule has 0 heterocycles. The zero-order valence-corrected chi connectivity index (χ0v) is 12.5. The first kappa shape index (κ1) is 14.3. The lowest BCUT2D eigenvalue weighted by Crippen LogP contribution is -2.73. The van der Waals surface area contributed by atoms with E-state index in [1.807, 2.05) is 0 Å². The highest BCUT2D eigenvalue weighted by molar-refractivity contribution is 5.14. The van der Waals surface area contributed by atoms with Gasteiger partial charge in [0.05, 0.1) is 6.10 Å². The average Bonchev–Trinajstić information content (AvgIpc) is 2.72. The summed E-state index contributed by atoms with van der Waals surface area (Å²) in [5.74, 6) is 0.877. The fraction of sp³-hybridized carbons (Fsp3) is 1.00. The molecular weight excluding hydrogens is 224 g/mol. The molecule has 0 saturated heterocycles. The molecule has 0 amide bonds. The van der Waals surface area contributed by atoms with Crippen LogP contribution in [0.15, 0.2) is 0 Å². The van der Waals surface area contributed by atoms with Crippen molar-refractivity contribution in [3.05, 3.63) is 0 Å². The molecule has 2 saturated carbocycles. The van der Waals surface area contributed by atoms with Crippen LogP contribution >= 0.6 is 0 Å². The maximum absolute atomic E-state index is 6.57. The van der Waals surface area contributed by atoms with Gasteiger partial charge in [0.1, 0.15) is 0 Å². The number of ether oxygens (including phenoxy) is 1. The molecule has 2 fully saturated rings. The molecular formula is C15H30N2O. The molecule has 2 rings (SSSR count). The lowest BCUT2D eigenvalue weighted by Gasteiger charge is -2.59. The van der Waals surface area contributed by atoms with Crippen LogP contribution in [0.5, 0.6) is 0 Å². The van der Waals surface area contributed by atoms with Gasteiger partial charge in [-0.3, -0.25) is 0 Å². The predicted octanol–water partition coefficient (Wildman–Crippen LogP) is 2.30. The van der Waals surface area contributed by atoms with Gasteiger partial charge in [0.25, 0.3) is 0 Å². The maximum atomic E-state index is 6.57. The summed E-state index contributed by atoms with van der Waals surface area (Å²) in [4.78, 5) is 0. The third-order valence-corrected chi connectivity index (χ3v) is 5.41. The first-order valence-corrected chi connectivity index (χ1v) is 7.53. The van der Waals surface area contributed by atoms with Crippen LogP contribution in [0.2, 0.25) is 0 Å². The largest absolute Gasteiger partial charge is 0.378 e. The SMILES string of the molecule is CCOC1CC(N)(CNC2CCC(C)C2)C1(C)C. The van der Waals surface area contributed by atoms with Gasteiger partial charge < -0.3 is 15.8 Å². The normalized spacial score (nSPS) is 42.8. The first-order chi connectivity index (χ1) is 8.39. The van der Waals surface area contributed by atoms with E-state index in [9.17, 15) is 0 Å². The quantitative estimate of drug-likeness (QED) is 0.791. The Morgan fingerprint density at radius 3 is 2.56 bits per heavy atom. The summed E-state index contributed by atoms with van der Waals surface area (Å²) >= 11 is 0. The molecule has 0 bridgehead atoms. The topological polar surface area (TPSA) is 47.3 Å². The number of rotatable bonds is 5. The highest BCUT2D eigenvalue weighted by atomic mass is 16.5. The van der Waals surface area contributed by atoms with Gasteiger partial charge in [0.15, 0.2) is 0 Å². The van der Waals surface area contributed by atoms with Gasteiger partial charge in [0, 0.05) is 30.1 Å². The fourth-order valence-corrected chi connectivity index (χ4v) is 3.53. The second-order valence-electron chi connectivity index (χ2n) is 7.02. The zero-order valence-electron chi connectivity index (χ0n) is 12.5. The fourth-order valence-electron chi connectivity index (χ4n) is 3.53. The minimum absolute atomic E-state index is 0.0836. The Bertz CT molecular complexity index is 292. The Kier molecular flexibility index (Phi) is 4.05. The summed E-state index contributed by atoms with van der Waals surface area (Å²) < 4.78 is 5.77. The average molecular weight is 254 g/mol. The van der Waals surface area contributed by atoms with E-state index < -0.39 is 0 Å². The Morgan fingerprint density at radius 1 is 1.33 bits per heavy atom. The first-order valence-electron chi connectivity index (χ1n) is 7.53. The van der Waals surface area contributed by atoms with Gasteiger partial charge in [-0.05, 0) is 38.5 Å². The van der Waals surface area contributed by atoms with Gasteiger partial charge in [-0.1, -0.05) is 20.8 Å². The Morgan fingerprint density at radius 2 is 2.06 bits per heavy atom. The van der Waals surface area contributed by atoms with Gasteiger partial charge in [-0.25, -0.2) is 0 Å². The molecule has 2 aliphatic carbocycles. The minimum Gasteiger partial charge on any atom is -0.378 e. The predicted molar refractivity (Wildman–Crippen MR) is 75.5 cm³/mol. The van der Waals surface area contributed by atoms with Crippen LogP contribution in [0.3, 0.4) is 0 Å². The second kappa shape index (κ2) is 5.10. The van der Waals surface area contributed by atoms with Crippen LogP contribution in [0, 0.1) is 11.3 Å². The molecule has 3 nitrogen and oxygen atoms in total. The van der Waals surface area contributed by atoms with E-state index in [2.05, 4.69) is 33.0 Å². The smallest absolute Gasteiger partial charge is 0.0662 e. The molecule has 0 spiro atoms. The van der Waals surface area contributed by atoms with E-state index in [4.69, 9.17) is 10.5 Å². The van der Waals surface area contributed by atoms with E-state index in [1.165, 1.54) is 19.3 Å². The zero-order chi connectivity index (χ0) is 13.4. The second-order valence-corrected chi connectivity index (χ2v) is 7.02. The number of nitrogens with one attached hydrogen (secondary N) is 1. The van der Waals surface area contributed by atoms with Gasteiger partial charge in [-0.2, -0.15) is 0 Å². The van der Waals surface area contributed by atoms with E-state index in [0.29, 0.717) is 12.1 Å². The van der Waals surface area contributed by atoms with Crippen LogP contribution in [0.25, 0.3) is 0 Å². The van der Waals surface area contributed by atoms with Gasteiger partial charge >= 0.3 is 0 Å². The van der Waals surface area contributed by atoms with Crippen LogP contribution in [-0.4, -0.2) is 30.8 Å². The molecule has 0 aromatic rings. The summed E-state index contributed by atoms with van der Waals surface area (Å²) in [6.07, 6.45) is 5.30. The molecule has 0 aromatic carbocycles. The monoisotopic (exact) mass is 254 g/mol. The summed E-state index contributed by atoms with van der Waals surface area (Å²) in [6, 6.07) is 0.683. The lowest BCUT2D eigenvalue weighted by atomic mass is 9.54. The van der Waals surface area contributed by atoms with Crippen LogP contribution in [-0.2, 0) is 4.74 Å². The van der Waals surface area contributed by atoms with Crippen molar-refractivity contribution in [3.63, 3.8) is 0 Å². The van der Waals surface area contributed by atoms with Crippen molar-refractivity contribution in [1.82, 2.24) is 5.32 Å². The molecule has 4 unspecified atom stereocenters. The Hall–Kier alpha value is -0.120. The molecule has 18 heavy (non-hydrogen) atoms. The van der Waals surface area contributed by atoms with Crippen LogP contribution in [0.1, 0.15) is 53.4 Å². The van der Waals surface area contributed by atoms with E-state index >= 15 is 0 Å². The standard InChI is InChI=1S/C15H30N2O/c1-5-18-13-9-15(16,14(13,3)4)10-17-12-7-6-11(2)8-12/h11-13,17H,5-10,16H2,1-4H3. The van der Waals surface area contributed by atoms with Crippen molar-refractivity contribution in [3.8, 4) is 0 Å². The molecule has 0 radical (unpaired) electrons. The minimum atomic E-state index is -0.0985. The van der Waals surface area contributed by atoms with Crippen LogP contribution in [0.4, 0.5) is 0 Å². The van der Waals surface area contributed by atoms with Gasteiger partial charge in [0.2, 0.25) is 0 Å². The maximum Gasteiger partial charge on any atom is 0.0662 e. The molecule has 3 N–H and O–H groups in total. The van der Waals surface area contributed by atoms with Crippen molar-refractivity contribution < 1.29 is 4.74 Å². The van der Waals surface area contributed by atoms with E-state index in [-0.39, 0.29) is 11.0 Å². The van der Waals surface area contributed by atoms with Crippen molar-refractivity contribution in [1.29, 1.82) is 0 Å². The molecule has 0 aromatic heterocycles.